The molecule has 2 nitrogen and oxygen atoms in total. The molecular weight excluding hydrogens is 294 g/mol. The summed E-state index contributed by atoms with van der Waals surface area (Å²) in [6, 6.07) is 4.85. The summed E-state index contributed by atoms with van der Waals surface area (Å²) < 4.78 is 15.4. The van der Waals surface area contributed by atoms with Crippen LogP contribution in [0.3, 0.4) is 0 Å². The molecule has 0 aliphatic rings. The summed E-state index contributed by atoms with van der Waals surface area (Å²) in [5.41, 5.74) is 2.24. The van der Waals surface area contributed by atoms with Crippen LogP contribution in [0.2, 0.25) is 5.02 Å². The Kier molecular flexibility index (Phi) is 3.01. The zero-order chi connectivity index (χ0) is 12.7. The van der Waals surface area contributed by atoms with Crippen molar-refractivity contribution in [1.82, 2.24) is 9.55 Å². The van der Waals surface area contributed by atoms with Crippen LogP contribution in [0, 0.1) is 5.82 Å². The number of rotatable bonds is 2. The first-order chi connectivity index (χ1) is 8.70. The second-order valence-electron chi connectivity index (χ2n) is 3.73. The summed E-state index contributed by atoms with van der Waals surface area (Å²) in [7, 11) is 0. The van der Waals surface area contributed by atoms with Gasteiger partial charge in [-0.05, 0) is 17.5 Å². The smallest absolute Gasteiger partial charge is 0.144 e. The number of halogens is 3. The number of aromatic nitrogens is 2. The summed E-state index contributed by atoms with van der Waals surface area (Å²) in [5.74, 6) is 0.470. The van der Waals surface area contributed by atoms with Crippen molar-refractivity contribution in [3.05, 3.63) is 45.6 Å². The Morgan fingerprint density at radius 3 is 2.89 bits per heavy atom. The van der Waals surface area contributed by atoms with Crippen molar-refractivity contribution in [2.75, 3.05) is 0 Å². The van der Waals surface area contributed by atoms with Gasteiger partial charge in [0, 0.05) is 11.4 Å². The van der Waals surface area contributed by atoms with Crippen LogP contribution in [-0.2, 0) is 5.88 Å². The summed E-state index contributed by atoms with van der Waals surface area (Å²) in [6.45, 7) is 0. The van der Waals surface area contributed by atoms with Gasteiger partial charge in [0.25, 0.3) is 0 Å². The first-order valence-electron chi connectivity index (χ1n) is 5.15. The molecule has 18 heavy (non-hydrogen) atoms. The minimum Gasteiger partial charge on any atom is -0.294 e. The number of nitrogens with zero attached hydrogens (tertiary/aromatic N) is 2. The number of fused-ring (bicyclic) bond motifs is 1. The van der Waals surface area contributed by atoms with E-state index in [9.17, 15) is 4.39 Å². The molecule has 0 saturated heterocycles. The third-order valence-corrected chi connectivity index (χ3v) is 3.85. The van der Waals surface area contributed by atoms with Crippen LogP contribution in [0.5, 0.6) is 0 Å². The Morgan fingerprint density at radius 2 is 2.22 bits per heavy atom. The predicted molar refractivity (Wildman–Crippen MR) is 73.5 cm³/mol. The molecule has 2 heterocycles. The zero-order valence-electron chi connectivity index (χ0n) is 9.03. The minimum atomic E-state index is -0.457. The van der Waals surface area contributed by atoms with E-state index in [0.29, 0.717) is 16.9 Å². The SMILES string of the molecule is Fc1cc2c(cc1Cl)nc(CCl)n2-c1ccsc1. The highest BCUT2D eigenvalue weighted by atomic mass is 35.5. The highest BCUT2D eigenvalue weighted by molar-refractivity contribution is 7.08. The molecule has 0 aliphatic carbocycles. The maximum absolute atomic E-state index is 13.6. The Morgan fingerprint density at radius 1 is 1.39 bits per heavy atom. The van der Waals surface area contributed by atoms with Gasteiger partial charge in [0.05, 0.1) is 27.6 Å². The molecule has 0 bridgehead atoms. The maximum atomic E-state index is 13.6. The standard InChI is InChI=1S/C12H7Cl2FN2S/c13-5-12-16-10-3-8(14)9(15)4-11(10)17(12)7-1-2-18-6-7/h1-4,6H,5H2. The second-order valence-corrected chi connectivity index (χ2v) is 5.19. The van der Waals surface area contributed by atoms with Gasteiger partial charge in [0.15, 0.2) is 0 Å². The van der Waals surface area contributed by atoms with Gasteiger partial charge in [-0.15, -0.1) is 11.6 Å². The van der Waals surface area contributed by atoms with Gasteiger partial charge >= 0.3 is 0 Å². The molecule has 3 aromatic rings. The number of benzene rings is 1. The number of thiophene rings is 1. The molecule has 0 atom stereocenters. The molecule has 0 N–H and O–H groups in total. The summed E-state index contributed by atoms with van der Waals surface area (Å²) in [6.07, 6.45) is 0. The Bertz CT molecular complexity index is 707. The molecule has 3 rings (SSSR count). The van der Waals surface area contributed by atoms with E-state index in [2.05, 4.69) is 4.98 Å². The minimum absolute atomic E-state index is 0.0681. The maximum Gasteiger partial charge on any atom is 0.144 e. The normalized spacial score (nSPS) is 11.3. The molecule has 0 fully saturated rings. The van der Waals surface area contributed by atoms with Gasteiger partial charge in [-0.1, -0.05) is 11.6 Å². The van der Waals surface area contributed by atoms with Gasteiger partial charge in [-0.2, -0.15) is 11.3 Å². The highest BCUT2D eigenvalue weighted by Crippen LogP contribution is 2.28. The van der Waals surface area contributed by atoms with E-state index in [-0.39, 0.29) is 10.9 Å². The van der Waals surface area contributed by atoms with Crippen molar-refractivity contribution in [2.45, 2.75) is 5.88 Å². The molecule has 2 aromatic heterocycles. The van der Waals surface area contributed by atoms with E-state index in [0.717, 1.165) is 5.69 Å². The fraction of sp³-hybridized carbons (Fsp3) is 0.0833. The quantitative estimate of drug-likeness (QED) is 0.632. The molecule has 0 unspecified atom stereocenters. The van der Waals surface area contributed by atoms with Crippen molar-refractivity contribution in [1.29, 1.82) is 0 Å². The Hall–Kier alpha value is -1.10. The van der Waals surface area contributed by atoms with Crippen LogP contribution in [-0.4, -0.2) is 9.55 Å². The summed E-state index contributed by atoms with van der Waals surface area (Å²) in [5, 5.41) is 3.98. The van der Waals surface area contributed by atoms with Crippen molar-refractivity contribution in [3.63, 3.8) is 0 Å². The van der Waals surface area contributed by atoms with Gasteiger partial charge in [-0.25, -0.2) is 9.37 Å². The van der Waals surface area contributed by atoms with E-state index < -0.39 is 5.82 Å². The Labute approximate surface area is 117 Å². The van der Waals surface area contributed by atoms with Gasteiger partial charge < -0.3 is 0 Å². The number of hydrogen-bond acceptors (Lipinski definition) is 2. The highest BCUT2D eigenvalue weighted by Gasteiger charge is 2.14. The largest absolute Gasteiger partial charge is 0.294 e. The monoisotopic (exact) mass is 300 g/mol. The van der Waals surface area contributed by atoms with Crippen LogP contribution < -0.4 is 0 Å². The van der Waals surface area contributed by atoms with Crippen LogP contribution in [0.1, 0.15) is 5.82 Å². The van der Waals surface area contributed by atoms with Crippen molar-refractivity contribution >= 4 is 45.6 Å². The molecule has 1 aromatic carbocycles. The predicted octanol–water partition coefficient (Wildman–Crippen LogP) is 4.62. The van der Waals surface area contributed by atoms with Crippen molar-refractivity contribution in [3.8, 4) is 5.69 Å². The molecule has 0 saturated carbocycles. The van der Waals surface area contributed by atoms with Gasteiger partial charge in [0.1, 0.15) is 11.6 Å². The lowest BCUT2D eigenvalue weighted by Crippen LogP contribution is -1.97. The molecule has 92 valence electrons. The number of imidazole rings is 1. The average molecular weight is 301 g/mol. The lowest BCUT2D eigenvalue weighted by molar-refractivity contribution is 0.629. The lowest BCUT2D eigenvalue weighted by Gasteiger charge is -2.04. The van der Waals surface area contributed by atoms with Crippen molar-refractivity contribution in [2.24, 2.45) is 0 Å². The van der Waals surface area contributed by atoms with Crippen LogP contribution >= 0.6 is 34.5 Å². The van der Waals surface area contributed by atoms with Crippen LogP contribution in [0.25, 0.3) is 16.7 Å². The van der Waals surface area contributed by atoms with E-state index >= 15 is 0 Å². The molecule has 0 spiro atoms. The third-order valence-electron chi connectivity index (χ3n) is 2.65. The first-order valence-corrected chi connectivity index (χ1v) is 7.01. The van der Waals surface area contributed by atoms with Gasteiger partial charge in [-0.3, -0.25) is 4.57 Å². The molecule has 0 aliphatic heterocycles. The second kappa shape index (κ2) is 4.53. The molecule has 0 amide bonds. The van der Waals surface area contributed by atoms with Crippen LogP contribution in [0.15, 0.2) is 29.0 Å². The molecule has 6 heteroatoms. The average Bonchev–Trinajstić information content (AvgIpc) is 2.96. The molecule has 0 radical (unpaired) electrons. The molecular formula is C12H7Cl2FN2S. The Balaban J connectivity index is 2.37. The van der Waals surface area contributed by atoms with Crippen LogP contribution in [0.4, 0.5) is 4.39 Å². The van der Waals surface area contributed by atoms with Crippen molar-refractivity contribution < 1.29 is 4.39 Å². The number of hydrogen-bond donors (Lipinski definition) is 0. The number of alkyl halides is 1. The zero-order valence-corrected chi connectivity index (χ0v) is 11.4. The fourth-order valence-corrected chi connectivity index (χ4v) is 2.84. The van der Waals surface area contributed by atoms with E-state index in [1.807, 2.05) is 21.4 Å². The topological polar surface area (TPSA) is 17.8 Å². The van der Waals surface area contributed by atoms with E-state index in [1.54, 1.807) is 11.3 Å². The van der Waals surface area contributed by atoms with E-state index in [4.69, 9.17) is 23.2 Å². The summed E-state index contributed by atoms with van der Waals surface area (Å²) >= 11 is 13.2. The van der Waals surface area contributed by atoms with Gasteiger partial charge in [0.2, 0.25) is 0 Å². The fourth-order valence-electron chi connectivity index (χ4n) is 1.88. The lowest BCUT2D eigenvalue weighted by atomic mass is 10.3. The van der Waals surface area contributed by atoms with E-state index in [1.165, 1.54) is 12.1 Å². The summed E-state index contributed by atoms with van der Waals surface area (Å²) in [4.78, 5) is 4.37. The third kappa shape index (κ3) is 1.81. The first kappa shape index (κ1) is 12.0.